The van der Waals surface area contributed by atoms with E-state index in [1.807, 2.05) is 0 Å². The SMILES string of the molecule is O=S(=O)(c1ccccc1)S(=O)(=O)c1ccc(Cl)cc1F. The van der Waals surface area contributed by atoms with Crippen LogP contribution in [-0.2, 0) is 17.7 Å². The Balaban J connectivity index is 2.67. The highest BCUT2D eigenvalue weighted by atomic mass is 35.5. The first-order valence-corrected chi connectivity index (χ1v) is 9.13. The molecule has 106 valence electrons. The van der Waals surface area contributed by atoms with E-state index in [-0.39, 0.29) is 5.02 Å². The number of benzene rings is 2. The van der Waals surface area contributed by atoms with Crippen LogP contribution in [0.4, 0.5) is 4.39 Å². The summed E-state index contributed by atoms with van der Waals surface area (Å²) in [5, 5.41) is -0.0291. The lowest BCUT2D eigenvalue weighted by atomic mass is 10.3. The topological polar surface area (TPSA) is 68.3 Å². The second-order valence-corrected chi connectivity index (χ2v) is 9.59. The van der Waals surface area contributed by atoms with Gasteiger partial charge in [0.2, 0.25) is 0 Å². The Labute approximate surface area is 120 Å². The molecule has 0 N–H and O–H groups in total. The van der Waals surface area contributed by atoms with Crippen molar-refractivity contribution < 1.29 is 21.2 Å². The Bertz CT molecular complexity index is 846. The van der Waals surface area contributed by atoms with E-state index in [9.17, 15) is 21.2 Å². The quantitative estimate of drug-likeness (QED) is 0.809. The molecule has 0 spiro atoms. The fourth-order valence-electron chi connectivity index (χ4n) is 1.51. The Morgan fingerprint density at radius 2 is 1.45 bits per heavy atom. The fourth-order valence-corrected chi connectivity index (χ4v) is 5.39. The van der Waals surface area contributed by atoms with Crippen molar-refractivity contribution in [3.63, 3.8) is 0 Å². The first-order valence-electron chi connectivity index (χ1n) is 5.27. The van der Waals surface area contributed by atoms with Gasteiger partial charge in [-0.2, -0.15) is 0 Å². The van der Waals surface area contributed by atoms with Gasteiger partial charge in [-0.25, -0.2) is 21.2 Å². The van der Waals surface area contributed by atoms with Gasteiger partial charge in [-0.15, -0.1) is 0 Å². The largest absolute Gasteiger partial charge is 0.289 e. The molecule has 0 saturated carbocycles. The highest BCUT2D eigenvalue weighted by Crippen LogP contribution is 2.27. The molecular formula is C12H8ClFO4S2. The third-order valence-corrected chi connectivity index (χ3v) is 7.87. The highest BCUT2D eigenvalue weighted by Gasteiger charge is 2.35. The zero-order valence-corrected chi connectivity index (χ0v) is 12.2. The van der Waals surface area contributed by atoms with Crippen molar-refractivity contribution in [3.8, 4) is 0 Å². The molecule has 2 aromatic carbocycles. The van der Waals surface area contributed by atoms with Gasteiger partial charge in [0.25, 0.3) is 17.7 Å². The summed E-state index contributed by atoms with van der Waals surface area (Å²) < 4.78 is 62.1. The molecule has 0 aliphatic rings. The monoisotopic (exact) mass is 334 g/mol. The van der Waals surface area contributed by atoms with E-state index in [4.69, 9.17) is 11.6 Å². The standard InChI is InChI=1S/C12H8ClFO4S2/c13-9-6-7-12(11(14)8-9)20(17,18)19(15,16)10-4-2-1-3-5-10/h1-8H. The summed E-state index contributed by atoms with van der Waals surface area (Å²) in [7, 11) is -9.64. The van der Waals surface area contributed by atoms with E-state index in [1.54, 1.807) is 0 Å². The minimum absolute atomic E-state index is 0.0291. The molecule has 4 nitrogen and oxygen atoms in total. The van der Waals surface area contributed by atoms with Crippen molar-refractivity contribution in [1.29, 1.82) is 0 Å². The predicted molar refractivity (Wildman–Crippen MR) is 72.2 cm³/mol. The van der Waals surface area contributed by atoms with Crippen molar-refractivity contribution in [3.05, 3.63) is 59.4 Å². The Kier molecular flexibility index (Phi) is 3.86. The maximum absolute atomic E-state index is 13.7. The Morgan fingerprint density at radius 1 is 0.850 bits per heavy atom. The van der Waals surface area contributed by atoms with Crippen LogP contribution in [0.3, 0.4) is 0 Å². The van der Waals surface area contributed by atoms with Gasteiger partial charge in [0, 0.05) is 5.02 Å². The van der Waals surface area contributed by atoms with E-state index in [0.717, 1.165) is 30.3 Å². The lowest BCUT2D eigenvalue weighted by molar-refractivity contribution is 0.564. The Hall–Kier alpha value is -1.44. The van der Waals surface area contributed by atoms with Crippen LogP contribution >= 0.6 is 11.6 Å². The van der Waals surface area contributed by atoms with Crippen molar-refractivity contribution in [2.75, 3.05) is 0 Å². The average Bonchev–Trinajstić information content (AvgIpc) is 2.39. The Morgan fingerprint density at radius 3 is 2.00 bits per heavy atom. The molecule has 0 heterocycles. The van der Waals surface area contributed by atoms with E-state index >= 15 is 0 Å². The molecule has 2 aromatic rings. The zero-order chi connectivity index (χ0) is 15.0. The van der Waals surface area contributed by atoms with Crippen molar-refractivity contribution >= 4 is 29.3 Å². The zero-order valence-electron chi connectivity index (χ0n) is 9.82. The van der Waals surface area contributed by atoms with Crippen LogP contribution in [0.1, 0.15) is 0 Å². The smallest absolute Gasteiger partial charge is 0.207 e. The van der Waals surface area contributed by atoms with Gasteiger partial charge in [0.1, 0.15) is 10.7 Å². The molecule has 0 saturated heterocycles. The second-order valence-electron chi connectivity index (χ2n) is 3.80. The van der Waals surface area contributed by atoms with Crippen LogP contribution in [0.25, 0.3) is 0 Å². The maximum Gasteiger partial charge on any atom is 0.289 e. The predicted octanol–water partition coefficient (Wildman–Crippen LogP) is 2.64. The van der Waals surface area contributed by atoms with E-state index in [1.165, 1.54) is 18.2 Å². The van der Waals surface area contributed by atoms with E-state index in [0.29, 0.717) is 0 Å². The van der Waals surface area contributed by atoms with Crippen LogP contribution in [0, 0.1) is 5.82 Å². The van der Waals surface area contributed by atoms with Crippen molar-refractivity contribution in [2.24, 2.45) is 0 Å². The average molecular weight is 335 g/mol. The van der Waals surface area contributed by atoms with Gasteiger partial charge in [-0.1, -0.05) is 29.8 Å². The van der Waals surface area contributed by atoms with Gasteiger partial charge < -0.3 is 0 Å². The lowest BCUT2D eigenvalue weighted by Gasteiger charge is -2.07. The first-order chi connectivity index (χ1) is 9.26. The molecule has 2 rings (SSSR count). The summed E-state index contributed by atoms with van der Waals surface area (Å²) in [5.41, 5.74) is 0. The first kappa shape index (κ1) is 15.0. The summed E-state index contributed by atoms with van der Waals surface area (Å²) in [6.45, 7) is 0. The molecule has 0 aromatic heterocycles. The molecule has 0 amide bonds. The minimum Gasteiger partial charge on any atom is -0.207 e. The minimum atomic E-state index is -4.90. The van der Waals surface area contributed by atoms with Crippen LogP contribution in [0.5, 0.6) is 0 Å². The van der Waals surface area contributed by atoms with Gasteiger partial charge in [-0.05, 0) is 30.3 Å². The number of hydrogen-bond donors (Lipinski definition) is 0. The van der Waals surface area contributed by atoms with Crippen LogP contribution in [-0.4, -0.2) is 16.8 Å². The third kappa shape index (κ3) is 2.44. The van der Waals surface area contributed by atoms with Crippen LogP contribution in [0.15, 0.2) is 58.3 Å². The van der Waals surface area contributed by atoms with Gasteiger partial charge >= 0.3 is 0 Å². The fraction of sp³-hybridized carbons (Fsp3) is 0. The maximum atomic E-state index is 13.7. The molecule has 0 aliphatic carbocycles. The summed E-state index contributed by atoms with van der Waals surface area (Å²) in [6, 6.07) is 9.22. The highest BCUT2D eigenvalue weighted by molar-refractivity contribution is 8.67. The molecule has 0 radical (unpaired) electrons. The normalized spacial score (nSPS) is 12.3. The van der Waals surface area contributed by atoms with E-state index in [2.05, 4.69) is 0 Å². The summed E-state index contributed by atoms with van der Waals surface area (Å²) in [4.78, 5) is -1.35. The second kappa shape index (κ2) is 5.16. The lowest BCUT2D eigenvalue weighted by Crippen LogP contribution is -2.17. The molecule has 0 aliphatic heterocycles. The molecule has 0 unspecified atom stereocenters. The number of hydrogen-bond acceptors (Lipinski definition) is 4. The summed E-state index contributed by atoms with van der Waals surface area (Å²) in [5.74, 6) is -1.21. The number of halogens is 2. The third-order valence-electron chi connectivity index (χ3n) is 2.48. The molecule has 0 fully saturated rings. The number of rotatable bonds is 3. The van der Waals surface area contributed by atoms with E-state index < -0.39 is 33.3 Å². The summed E-state index contributed by atoms with van der Waals surface area (Å²) >= 11 is 5.51. The molecule has 0 bridgehead atoms. The molecular weight excluding hydrogens is 327 g/mol. The molecule has 0 atom stereocenters. The summed E-state index contributed by atoms with van der Waals surface area (Å²) in [6.07, 6.45) is 0. The van der Waals surface area contributed by atoms with Crippen molar-refractivity contribution in [1.82, 2.24) is 0 Å². The van der Waals surface area contributed by atoms with Gasteiger partial charge in [-0.3, -0.25) is 0 Å². The van der Waals surface area contributed by atoms with Crippen LogP contribution < -0.4 is 0 Å². The van der Waals surface area contributed by atoms with Crippen LogP contribution in [0.2, 0.25) is 5.02 Å². The van der Waals surface area contributed by atoms with Gasteiger partial charge in [0.15, 0.2) is 0 Å². The van der Waals surface area contributed by atoms with Crippen molar-refractivity contribution in [2.45, 2.75) is 9.79 Å². The molecule has 20 heavy (non-hydrogen) atoms. The molecule has 8 heteroatoms. The van der Waals surface area contributed by atoms with Gasteiger partial charge in [0.05, 0.1) is 4.90 Å².